The molecule has 0 radical (unpaired) electrons. The van der Waals surface area contributed by atoms with E-state index in [-0.39, 0.29) is 5.41 Å². The molecule has 0 saturated heterocycles. The molecule has 0 atom stereocenters. The third-order valence-electron chi connectivity index (χ3n) is 3.47. The van der Waals surface area contributed by atoms with Crippen LogP contribution in [-0.4, -0.2) is 19.7 Å². The average molecular weight is 277 g/mol. The number of hydrogen-bond acceptors (Lipinski definition) is 2. The fourth-order valence-corrected chi connectivity index (χ4v) is 2.12. The molecule has 2 heteroatoms. The molecule has 1 aromatic carbocycles. The van der Waals surface area contributed by atoms with Gasteiger partial charge in [-0.15, -0.1) is 0 Å². The van der Waals surface area contributed by atoms with E-state index in [9.17, 15) is 0 Å². The fourth-order valence-electron chi connectivity index (χ4n) is 2.12. The molecule has 0 aliphatic heterocycles. The van der Waals surface area contributed by atoms with Crippen molar-refractivity contribution in [1.82, 2.24) is 5.32 Å². The quantitative estimate of drug-likeness (QED) is 0.669. The molecule has 1 N–H and O–H groups in total. The molecule has 0 heterocycles. The van der Waals surface area contributed by atoms with Gasteiger partial charge in [-0.05, 0) is 49.0 Å². The fraction of sp³-hybridized carbons (Fsp3) is 0.667. The topological polar surface area (TPSA) is 21.3 Å². The predicted octanol–water partition coefficient (Wildman–Crippen LogP) is 4.53. The molecule has 0 amide bonds. The second-order valence-electron chi connectivity index (χ2n) is 6.39. The molecular formula is C18H31NO. The Labute approximate surface area is 124 Å². The lowest BCUT2D eigenvalue weighted by Gasteiger charge is -2.19. The van der Waals surface area contributed by atoms with Gasteiger partial charge in [0.05, 0.1) is 6.61 Å². The van der Waals surface area contributed by atoms with Crippen LogP contribution in [0.15, 0.2) is 24.3 Å². The third kappa shape index (κ3) is 6.95. The van der Waals surface area contributed by atoms with E-state index in [2.05, 4.69) is 57.3 Å². The van der Waals surface area contributed by atoms with Gasteiger partial charge in [-0.25, -0.2) is 0 Å². The van der Waals surface area contributed by atoms with Gasteiger partial charge in [0, 0.05) is 0 Å². The first-order chi connectivity index (χ1) is 9.54. The molecule has 0 fully saturated rings. The van der Waals surface area contributed by atoms with Crippen LogP contribution in [0.2, 0.25) is 0 Å². The van der Waals surface area contributed by atoms with E-state index >= 15 is 0 Å². The van der Waals surface area contributed by atoms with Crippen LogP contribution in [-0.2, 0) is 5.41 Å². The second kappa shape index (κ2) is 9.02. The number of hydrogen-bond donors (Lipinski definition) is 1. The highest BCUT2D eigenvalue weighted by Crippen LogP contribution is 2.25. The first-order valence-corrected chi connectivity index (χ1v) is 7.98. The minimum absolute atomic E-state index is 0.186. The Morgan fingerprint density at radius 2 is 1.80 bits per heavy atom. The number of ether oxygens (including phenoxy) is 1. The van der Waals surface area contributed by atoms with Crippen molar-refractivity contribution >= 4 is 0 Å². The van der Waals surface area contributed by atoms with E-state index in [4.69, 9.17) is 4.74 Å². The van der Waals surface area contributed by atoms with Crippen molar-refractivity contribution in [2.24, 2.45) is 0 Å². The average Bonchev–Trinajstić information content (AvgIpc) is 2.41. The molecule has 20 heavy (non-hydrogen) atoms. The van der Waals surface area contributed by atoms with Crippen molar-refractivity contribution in [2.75, 3.05) is 19.7 Å². The van der Waals surface area contributed by atoms with E-state index in [1.807, 2.05) is 0 Å². The Balaban J connectivity index is 2.19. The maximum atomic E-state index is 5.85. The Kier molecular flexibility index (Phi) is 7.68. The first kappa shape index (κ1) is 17.0. The van der Waals surface area contributed by atoms with Gasteiger partial charge in [0.15, 0.2) is 0 Å². The standard InChI is InChI=1S/C18H31NO/c1-5-19-13-8-6-7-9-14-20-17-12-10-11-16(15-17)18(2,3)4/h10-12,15,19H,5-9,13-14H2,1-4H3. The van der Waals surface area contributed by atoms with Crippen LogP contribution in [0.5, 0.6) is 5.75 Å². The maximum absolute atomic E-state index is 5.85. The minimum atomic E-state index is 0.186. The van der Waals surface area contributed by atoms with Gasteiger partial charge in [-0.2, -0.15) is 0 Å². The summed E-state index contributed by atoms with van der Waals surface area (Å²) in [6.45, 7) is 11.9. The van der Waals surface area contributed by atoms with Crippen molar-refractivity contribution in [3.8, 4) is 5.75 Å². The van der Waals surface area contributed by atoms with Crippen molar-refractivity contribution in [2.45, 2.75) is 58.8 Å². The lowest BCUT2D eigenvalue weighted by molar-refractivity contribution is 0.303. The van der Waals surface area contributed by atoms with E-state index in [0.717, 1.165) is 31.9 Å². The molecular weight excluding hydrogens is 246 g/mol. The normalized spacial score (nSPS) is 11.6. The summed E-state index contributed by atoms with van der Waals surface area (Å²) in [6.07, 6.45) is 4.96. The minimum Gasteiger partial charge on any atom is -0.494 e. The predicted molar refractivity (Wildman–Crippen MR) is 87.6 cm³/mol. The highest BCUT2D eigenvalue weighted by molar-refractivity contribution is 5.32. The van der Waals surface area contributed by atoms with Gasteiger partial charge in [0.1, 0.15) is 5.75 Å². The van der Waals surface area contributed by atoms with Crippen molar-refractivity contribution < 1.29 is 4.74 Å². The second-order valence-corrected chi connectivity index (χ2v) is 6.39. The van der Waals surface area contributed by atoms with Crippen molar-refractivity contribution in [3.05, 3.63) is 29.8 Å². The molecule has 0 spiro atoms. The summed E-state index contributed by atoms with van der Waals surface area (Å²) in [6, 6.07) is 8.49. The molecule has 1 rings (SSSR count). The molecule has 2 nitrogen and oxygen atoms in total. The summed E-state index contributed by atoms with van der Waals surface area (Å²) in [5.74, 6) is 1.00. The zero-order valence-electron chi connectivity index (χ0n) is 13.7. The first-order valence-electron chi connectivity index (χ1n) is 7.98. The van der Waals surface area contributed by atoms with Crippen LogP contribution in [0.1, 0.15) is 58.9 Å². The van der Waals surface area contributed by atoms with Crippen molar-refractivity contribution in [3.63, 3.8) is 0 Å². The SMILES string of the molecule is CCNCCCCCCOc1cccc(C(C)(C)C)c1. The van der Waals surface area contributed by atoms with E-state index < -0.39 is 0 Å². The molecule has 0 bridgehead atoms. The molecule has 114 valence electrons. The highest BCUT2D eigenvalue weighted by atomic mass is 16.5. The van der Waals surface area contributed by atoms with Crippen molar-refractivity contribution in [1.29, 1.82) is 0 Å². The van der Waals surface area contributed by atoms with Crippen LogP contribution >= 0.6 is 0 Å². The lowest BCUT2D eigenvalue weighted by Crippen LogP contribution is -2.13. The molecule has 0 saturated carbocycles. The number of benzene rings is 1. The molecule has 0 aliphatic carbocycles. The third-order valence-corrected chi connectivity index (χ3v) is 3.47. The smallest absolute Gasteiger partial charge is 0.119 e. The van der Waals surface area contributed by atoms with Crippen LogP contribution in [0, 0.1) is 0 Å². The Morgan fingerprint density at radius 3 is 2.50 bits per heavy atom. The van der Waals surface area contributed by atoms with Crippen LogP contribution < -0.4 is 10.1 Å². The van der Waals surface area contributed by atoms with Gasteiger partial charge in [-0.1, -0.05) is 52.7 Å². The summed E-state index contributed by atoms with van der Waals surface area (Å²) < 4.78 is 5.85. The summed E-state index contributed by atoms with van der Waals surface area (Å²) in [4.78, 5) is 0. The van der Waals surface area contributed by atoms with Gasteiger partial charge < -0.3 is 10.1 Å². The lowest BCUT2D eigenvalue weighted by atomic mass is 9.87. The van der Waals surface area contributed by atoms with Gasteiger partial charge >= 0.3 is 0 Å². The zero-order chi connectivity index (χ0) is 14.8. The number of rotatable bonds is 9. The highest BCUT2D eigenvalue weighted by Gasteiger charge is 2.13. The summed E-state index contributed by atoms with van der Waals surface area (Å²) in [7, 11) is 0. The Hall–Kier alpha value is -1.02. The van der Waals surface area contributed by atoms with Gasteiger partial charge in [0.2, 0.25) is 0 Å². The van der Waals surface area contributed by atoms with Crippen LogP contribution in [0.3, 0.4) is 0 Å². The summed E-state index contributed by atoms with van der Waals surface area (Å²) in [5.41, 5.74) is 1.52. The van der Waals surface area contributed by atoms with E-state index in [1.54, 1.807) is 0 Å². The van der Waals surface area contributed by atoms with E-state index in [0.29, 0.717) is 0 Å². The molecule has 1 aromatic rings. The van der Waals surface area contributed by atoms with Gasteiger partial charge in [-0.3, -0.25) is 0 Å². The monoisotopic (exact) mass is 277 g/mol. The molecule has 0 unspecified atom stereocenters. The Bertz CT molecular complexity index is 368. The van der Waals surface area contributed by atoms with Crippen LogP contribution in [0.4, 0.5) is 0 Å². The maximum Gasteiger partial charge on any atom is 0.119 e. The Morgan fingerprint density at radius 1 is 1.05 bits per heavy atom. The molecule has 0 aliphatic rings. The number of unbranched alkanes of at least 4 members (excludes halogenated alkanes) is 3. The zero-order valence-corrected chi connectivity index (χ0v) is 13.7. The molecule has 0 aromatic heterocycles. The summed E-state index contributed by atoms with van der Waals surface area (Å²) in [5, 5.41) is 3.35. The number of nitrogens with one attached hydrogen (secondary N) is 1. The van der Waals surface area contributed by atoms with Gasteiger partial charge in [0.25, 0.3) is 0 Å². The largest absolute Gasteiger partial charge is 0.494 e. The van der Waals surface area contributed by atoms with E-state index in [1.165, 1.54) is 24.8 Å². The van der Waals surface area contributed by atoms with Crippen LogP contribution in [0.25, 0.3) is 0 Å². The summed E-state index contributed by atoms with van der Waals surface area (Å²) >= 11 is 0.